The summed E-state index contributed by atoms with van der Waals surface area (Å²) >= 11 is 6.40. The van der Waals surface area contributed by atoms with Crippen LogP contribution < -0.4 is 5.32 Å². The van der Waals surface area contributed by atoms with Gasteiger partial charge >= 0.3 is 0 Å². The van der Waals surface area contributed by atoms with E-state index in [0.29, 0.717) is 6.04 Å². The fourth-order valence-electron chi connectivity index (χ4n) is 2.38. The van der Waals surface area contributed by atoms with Gasteiger partial charge in [-0.1, -0.05) is 19.3 Å². The molecule has 1 aromatic heterocycles. The van der Waals surface area contributed by atoms with Crippen LogP contribution in [0, 0.1) is 13.8 Å². The molecular weight excluding hydrogens is 234 g/mol. The highest BCUT2D eigenvalue weighted by atomic mass is 35.5. The molecule has 0 aromatic carbocycles. The van der Waals surface area contributed by atoms with Crippen molar-refractivity contribution in [2.75, 3.05) is 5.32 Å². The minimum atomic E-state index is 0.196. The van der Waals surface area contributed by atoms with Crippen molar-refractivity contribution in [3.05, 3.63) is 17.5 Å². The average molecular weight is 254 g/mol. The maximum Gasteiger partial charge on any atom is 0.223 e. The summed E-state index contributed by atoms with van der Waals surface area (Å²) in [5.74, 6) is 0.722. The molecule has 17 heavy (non-hydrogen) atoms. The predicted molar refractivity (Wildman–Crippen MR) is 71.6 cm³/mol. The van der Waals surface area contributed by atoms with Crippen LogP contribution >= 0.6 is 11.6 Å². The van der Waals surface area contributed by atoms with Gasteiger partial charge in [-0.2, -0.15) is 0 Å². The van der Waals surface area contributed by atoms with Crippen LogP contribution in [0.3, 0.4) is 0 Å². The van der Waals surface area contributed by atoms with E-state index >= 15 is 0 Å². The van der Waals surface area contributed by atoms with Crippen molar-refractivity contribution in [3.8, 4) is 0 Å². The molecule has 94 valence electrons. The minimum Gasteiger partial charge on any atom is -0.350 e. The summed E-state index contributed by atoms with van der Waals surface area (Å²) < 4.78 is 0. The van der Waals surface area contributed by atoms with Crippen LogP contribution in [0.5, 0.6) is 0 Å². The van der Waals surface area contributed by atoms with E-state index in [2.05, 4.69) is 15.3 Å². The molecule has 2 unspecified atom stereocenters. The third kappa shape index (κ3) is 3.56. The topological polar surface area (TPSA) is 37.8 Å². The molecule has 0 amide bonds. The number of rotatable bonds is 2. The molecule has 4 heteroatoms. The first-order valence-electron chi connectivity index (χ1n) is 6.38. The zero-order valence-corrected chi connectivity index (χ0v) is 11.3. The number of nitrogens with one attached hydrogen (secondary N) is 1. The van der Waals surface area contributed by atoms with Gasteiger partial charge < -0.3 is 5.32 Å². The second-order valence-corrected chi connectivity index (χ2v) is 5.44. The Balaban J connectivity index is 2.07. The van der Waals surface area contributed by atoms with Crippen LogP contribution in [0.25, 0.3) is 0 Å². The summed E-state index contributed by atoms with van der Waals surface area (Å²) in [7, 11) is 0. The first kappa shape index (κ1) is 12.6. The molecular formula is C13H20ClN3. The third-order valence-electron chi connectivity index (χ3n) is 3.23. The molecule has 0 spiro atoms. The Hall–Kier alpha value is -0.830. The molecule has 2 rings (SSSR count). The Morgan fingerprint density at radius 2 is 1.76 bits per heavy atom. The van der Waals surface area contributed by atoms with Crippen LogP contribution in [0.1, 0.15) is 43.5 Å². The number of alkyl halides is 1. The van der Waals surface area contributed by atoms with Gasteiger partial charge in [0, 0.05) is 17.4 Å². The van der Waals surface area contributed by atoms with Crippen molar-refractivity contribution < 1.29 is 0 Å². The van der Waals surface area contributed by atoms with Crippen LogP contribution in [-0.4, -0.2) is 21.4 Å². The number of nitrogens with zero attached hydrogens (tertiary/aromatic N) is 2. The summed E-state index contributed by atoms with van der Waals surface area (Å²) in [4.78, 5) is 8.82. The van der Waals surface area contributed by atoms with E-state index in [-0.39, 0.29) is 5.38 Å². The summed E-state index contributed by atoms with van der Waals surface area (Å²) in [6.07, 6.45) is 5.97. The fourth-order valence-corrected chi connectivity index (χ4v) is 2.72. The standard InChI is InChI=1S/C13H20ClN3/c1-9-8-10(2)16-13(15-9)17-12-7-5-3-4-6-11(12)14/h8,11-12H,3-7H2,1-2H3,(H,15,16,17). The van der Waals surface area contributed by atoms with E-state index in [1.807, 2.05) is 19.9 Å². The summed E-state index contributed by atoms with van der Waals surface area (Å²) in [5.41, 5.74) is 2.00. The first-order chi connectivity index (χ1) is 8.15. The number of halogens is 1. The van der Waals surface area contributed by atoms with E-state index in [4.69, 9.17) is 11.6 Å². The lowest BCUT2D eigenvalue weighted by Crippen LogP contribution is -2.29. The lowest BCUT2D eigenvalue weighted by atomic mass is 10.1. The van der Waals surface area contributed by atoms with Gasteiger partial charge in [-0.05, 0) is 32.8 Å². The van der Waals surface area contributed by atoms with Gasteiger partial charge in [-0.3, -0.25) is 0 Å². The zero-order chi connectivity index (χ0) is 12.3. The molecule has 2 atom stereocenters. The largest absolute Gasteiger partial charge is 0.350 e. The smallest absolute Gasteiger partial charge is 0.223 e. The highest BCUT2D eigenvalue weighted by molar-refractivity contribution is 6.21. The molecule has 0 aliphatic heterocycles. The van der Waals surface area contributed by atoms with Gasteiger partial charge in [0.2, 0.25) is 5.95 Å². The zero-order valence-electron chi connectivity index (χ0n) is 10.5. The molecule has 1 saturated carbocycles. The molecule has 1 aromatic rings. The number of anilines is 1. The lowest BCUT2D eigenvalue weighted by Gasteiger charge is -2.21. The predicted octanol–water partition coefficient (Wildman–Crippen LogP) is 3.45. The average Bonchev–Trinajstić information content (AvgIpc) is 2.43. The van der Waals surface area contributed by atoms with Gasteiger partial charge in [0.1, 0.15) is 0 Å². The molecule has 1 N–H and O–H groups in total. The second-order valence-electron chi connectivity index (χ2n) is 4.88. The quantitative estimate of drug-likeness (QED) is 0.648. The summed E-state index contributed by atoms with van der Waals surface area (Å²) in [6.45, 7) is 3.98. The van der Waals surface area contributed by atoms with E-state index in [1.54, 1.807) is 0 Å². The SMILES string of the molecule is Cc1cc(C)nc(NC2CCCCCC2Cl)n1. The van der Waals surface area contributed by atoms with Crippen molar-refractivity contribution in [1.29, 1.82) is 0 Å². The first-order valence-corrected chi connectivity index (χ1v) is 6.81. The van der Waals surface area contributed by atoms with Crippen molar-refractivity contribution in [2.24, 2.45) is 0 Å². The number of hydrogen-bond acceptors (Lipinski definition) is 3. The Morgan fingerprint density at radius 3 is 2.47 bits per heavy atom. The van der Waals surface area contributed by atoms with Crippen molar-refractivity contribution in [2.45, 2.75) is 57.4 Å². The van der Waals surface area contributed by atoms with Crippen LogP contribution in [-0.2, 0) is 0 Å². The molecule has 1 heterocycles. The maximum absolute atomic E-state index is 6.40. The minimum absolute atomic E-state index is 0.196. The van der Waals surface area contributed by atoms with Crippen molar-refractivity contribution in [1.82, 2.24) is 9.97 Å². The monoisotopic (exact) mass is 253 g/mol. The number of hydrogen-bond donors (Lipinski definition) is 1. The second kappa shape index (κ2) is 5.67. The Kier molecular flexibility index (Phi) is 4.21. The van der Waals surface area contributed by atoms with Gasteiger partial charge in [-0.15, -0.1) is 11.6 Å². The number of aromatic nitrogens is 2. The third-order valence-corrected chi connectivity index (χ3v) is 3.75. The molecule has 1 aliphatic carbocycles. The molecule has 0 saturated heterocycles. The van der Waals surface area contributed by atoms with Gasteiger partial charge in [-0.25, -0.2) is 9.97 Å². The van der Waals surface area contributed by atoms with Crippen LogP contribution in [0.2, 0.25) is 0 Å². The van der Waals surface area contributed by atoms with Crippen LogP contribution in [0.4, 0.5) is 5.95 Å². The molecule has 1 aliphatic rings. The highest BCUT2D eigenvalue weighted by Gasteiger charge is 2.22. The Labute approximate surface area is 108 Å². The summed E-state index contributed by atoms with van der Waals surface area (Å²) in [6, 6.07) is 2.29. The highest BCUT2D eigenvalue weighted by Crippen LogP contribution is 2.24. The lowest BCUT2D eigenvalue weighted by molar-refractivity contribution is 0.621. The van der Waals surface area contributed by atoms with Gasteiger partial charge in [0.15, 0.2) is 0 Å². The van der Waals surface area contributed by atoms with E-state index in [1.165, 1.54) is 19.3 Å². The normalized spacial score (nSPS) is 25.4. The van der Waals surface area contributed by atoms with E-state index in [0.717, 1.165) is 30.2 Å². The number of aryl methyl sites for hydroxylation is 2. The van der Waals surface area contributed by atoms with E-state index in [9.17, 15) is 0 Å². The van der Waals surface area contributed by atoms with Crippen molar-refractivity contribution >= 4 is 17.5 Å². The fraction of sp³-hybridized carbons (Fsp3) is 0.692. The van der Waals surface area contributed by atoms with Gasteiger partial charge in [0.25, 0.3) is 0 Å². The molecule has 0 radical (unpaired) electrons. The Bertz CT molecular complexity index is 361. The van der Waals surface area contributed by atoms with E-state index < -0.39 is 0 Å². The molecule has 0 bridgehead atoms. The maximum atomic E-state index is 6.40. The van der Waals surface area contributed by atoms with Crippen molar-refractivity contribution in [3.63, 3.8) is 0 Å². The molecule has 1 fully saturated rings. The molecule has 3 nitrogen and oxygen atoms in total. The Morgan fingerprint density at radius 1 is 1.12 bits per heavy atom. The van der Waals surface area contributed by atoms with Crippen LogP contribution in [0.15, 0.2) is 6.07 Å². The van der Waals surface area contributed by atoms with Gasteiger partial charge in [0.05, 0.1) is 5.38 Å². The summed E-state index contributed by atoms with van der Waals surface area (Å²) in [5, 5.41) is 3.59.